The number of phenols is 1. The summed E-state index contributed by atoms with van der Waals surface area (Å²) in [6.45, 7) is 9.11. The fraction of sp³-hybridized carbons (Fsp3) is 0.600. The molecule has 2 rings (SSSR count). The van der Waals surface area contributed by atoms with Gasteiger partial charge in [-0.25, -0.2) is 0 Å². The van der Waals surface area contributed by atoms with Gasteiger partial charge in [0.2, 0.25) is 0 Å². The maximum absolute atomic E-state index is 12.9. The molecule has 7 heteroatoms. The van der Waals surface area contributed by atoms with Crippen LogP contribution in [0.1, 0.15) is 45.7 Å². The summed E-state index contributed by atoms with van der Waals surface area (Å²) in [7, 11) is -0.887. The van der Waals surface area contributed by atoms with Crippen LogP contribution >= 0.6 is 0 Å². The van der Waals surface area contributed by atoms with Crippen molar-refractivity contribution >= 4 is 12.6 Å². The molecule has 1 fully saturated rings. The number of aromatic hydroxyl groups is 1. The van der Waals surface area contributed by atoms with Gasteiger partial charge in [0.15, 0.2) is 0 Å². The normalized spacial score (nSPS) is 20.5. The molecule has 1 aromatic rings. The molecule has 1 aliphatic rings. The number of hydrogen-bond donors (Lipinski definition) is 1. The van der Waals surface area contributed by atoms with Crippen LogP contribution < -0.4 is 5.46 Å². The van der Waals surface area contributed by atoms with Gasteiger partial charge in [-0.15, -0.1) is 0 Å². The van der Waals surface area contributed by atoms with E-state index in [9.17, 15) is 18.3 Å². The van der Waals surface area contributed by atoms with E-state index in [-0.39, 0.29) is 5.46 Å². The zero-order chi connectivity index (χ0) is 16.9. The maximum atomic E-state index is 12.9. The van der Waals surface area contributed by atoms with Crippen LogP contribution in [-0.2, 0) is 21.9 Å². The van der Waals surface area contributed by atoms with Gasteiger partial charge in [-0.2, -0.15) is 13.2 Å². The van der Waals surface area contributed by atoms with Gasteiger partial charge in [0.25, 0.3) is 0 Å². The molecule has 22 heavy (non-hydrogen) atoms. The van der Waals surface area contributed by atoms with E-state index in [0.29, 0.717) is 12.0 Å². The molecule has 0 spiro atoms. The van der Waals surface area contributed by atoms with Gasteiger partial charge < -0.3 is 14.4 Å². The molecule has 0 saturated carbocycles. The topological polar surface area (TPSA) is 38.7 Å². The van der Waals surface area contributed by atoms with Crippen LogP contribution in [0, 0.1) is 0 Å². The molecule has 0 radical (unpaired) electrons. The third kappa shape index (κ3) is 2.84. The third-order valence-electron chi connectivity index (χ3n) is 4.44. The standard InChI is InChI=1S/C15H20BF3O3/c1-6-9-7-10(15(17,18)19)8-11(20)12(9)16-21-13(2,3)14(4,5)22-16/h7-8,20H,6H2,1-5H3. The van der Waals surface area contributed by atoms with Gasteiger partial charge in [-0.1, -0.05) is 6.92 Å². The Morgan fingerprint density at radius 2 is 1.59 bits per heavy atom. The van der Waals surface area contributed by atoms with Crippen LogP contribution in [-0.4, -0.2) is 23.4 Å². The van der Waals surface area contributed by atoms with Crippen LogP contribution in [0.15, 0.2) is 12.1 Å². The highest BCUT2D eigenvalue weighted by Gasteiger charge is 2.53. The predicted octanol–water partition coefficient (Wildman–Crippen LogP) is 3.27. The van der Waals surface area contributed by atoms with Crippen LogP contribution in [0.5, 0.6) is 5.75 Å². The molecule has 1 heterocycles. The Kier molecular flexibility index (Phi) is 4.03. The minimum atomic E-state index is -4.50. The highest BCUT2D eigenvalue weighted by atomic mass is 19.4. The molecule has 0 amide bonds. The lowest BCUT2D eigenvalue weighted by molar-refractivity contribution is -0.137. The predicted molar refractivity (Wildman–Crippen MR) is 78.2 cm³/mol. The van der Waals surface area contributed by atoms with Crippen LogP contribution in [0.4, 0.5) is 13.2 Å². The zero-order valence-electron chi connectivity index (χ0n) is 13.3. The average molecular weight is 316 g/mol. The molecule has 3 nitrogen and oxygen atoms in total. The molecule has 1 saturated heterocycles. The Labute approximate surface area is 128 Å². The molecule has 122 valence electrons. The summed E-state index contributed by atoms with van der Waals surface area (Å²) in [5.41, 5.74) is -1.49. The molecule has 1 N–H and O–H groups in total. The van der Waals surface area contributed by atoms with Crippen molar-refractivity contribution in [2.24, 2.45) is 0 Å². The second kappa shape index (κ2) is 5.16. The van der Waals surface area contributed by atoms with E-state index in [1.807, 2.05) is 27.7 Å². The summed E-state index contributed by atoms with van der Waals surface area (Å²) in [6, 6.07) is 1.76. The van der Waals surface area contributed by atoms with E-state index in [0.717, 1.165) is 12.1 Å². The van der Waals surface area contributed by atoms with Gasteiger partial charge >= 0.3 is 13.3 Å². The Bertz CT molecular complexity index is 566. The molecular formula is C15H20BF3O3. The molecular weight excluding hydrogens is 296 g/mol. The van der Waals surface area contributed by atoms with Crippen molar-refractivity contribution < 1.29 is 27.6 Å². The quantitative estimate of drug-likeness (QED) is 0.851. The summed E-state index contributed by atoms with van der Waals surface area (Å²) in [4.78, 5) is 0. The Morgan fingerprint density at radius 1 is 1.09 bits per heavy atom. The summed E-state index contributed by atoms with van der Waals surface area (Å²) >= 11 is 0. The first-order valence-corrected chi connectivity index (χ1v) is 7.17. The SMILES string of the molecule is CCc1cc(C(F)(F)F)cc(O)c1B1OC(C)(C)C(C)(C)O1. The van der Waals surface area contributed by atoms with Crippen LogP contribution in [0.2, 0.25) is 0 Å². The average Bonchev–Trinajstić information content (AvgIpc) is 2.55. The smallest absolute Gasteiger partial charge is 0.498 e. The second-order valence-electron chi connectivity index (χ2n) is 6.51. The molecule has 0 aliphatic carbocycles. The van der Waals surface area contributed by atoms with Crippen molar-refractivity contribution in [2.45, 2.75) is 58.4 Å². The highest BCUT2D eigenvalue weighted by Crippen LogP contribution is 2.38. The summed E-state index contributed by atoms with van der Waals surface area (Å²) in [6.07, 6.45) is -4.17. The number of rotatable bonds is 2. The molecule has 0 unspecified atom stereocenters. The highest BCUT2D eigenvalue weighted by molar-refractivity contribution is 6.63. The number of hydrogen-bond acceptors (Lipinski definition) is 3. The number of benzene rings is 1. The third-order valence-corrected chi connectivity index (χ3v) is 4.44. The van der Waals surface area contributed by atoms with E-state index in [1.165, 1.54) is 0 Å². The lowest BCUT2D eigenvalue weighted by Gasteiger charge is -2.32. The fourth-order valence-corrected chi connectivity index (χ4v) is 2.39. The lowest BCUT2D eigenvalue weighted by Crippen LogP contribution is -2.41. The van der Waals surface area contributed by atoms with Crippen LogP contribution in [0.25, 0.3) is 0 Å². The fourth-order valence-electron chi connectivity index (χ4n) is 2.39. The van der Waals surface area contributed by atoms with Gasteiger partial charge in [-0.3, -0.25) is 0 Å². The number of phenolic OH excluding ortho intramolecular Hbond substituents is 1. The summed E-state index contributed by atoms with van der Waals surface area (Å²) in [5, 5.41) is 10.1. The molecule has 1 aromatic carbocycles. The largest absolute Gasteiger partial charge is 0.508 e. The number of alkyl halides is 3. The van der Waals surface area contributed by atoms with E-state index in [2.05, 4.69) is 0 Å². The first kappa shape index (κ1) is 17.2. The molecule has 0 aromatic heterocycles. The van der Waals surface area contributed by atoms with E-state index < -0.39 is 35.8 Å². The maximum Gasteiger partial charge on any atom is 0.498 e. The Hall–Kier alpha value is -1.21. The van der Waals surface area contributed by atoms with E-state index in [1.54, 1.807) is 6.92 Å². The molecule has 0 atom stereocenters. The molecule has 0 bridgehead atoms. The summed E-state index contributed by atoms with van der Waals surface area (Å²) < 4.78 is 50.3. The van der Waals surface area contributed by atoms with Crippen molar-refractivity contribution in [3.63, 3.8) is 0 Å². The van der Waals surface area contributed by atoms with Crippen molar-refractivity contribution in [1.82, 2.24) is 0 Å². The molecule has 1 aliphatic heterocycles. The number of aryl methyl sites for hydroxylation is 1. The second-order valence-corrected chi connectivity index (χ2v) is 6.51. The van der Waals surface area contributed by atoms with E-state index >= 15 is 0 Å². The lowest BCUT2D eigenvalue weighted by atomic mass is 9.74. The Morgan fingerprint density at radius 3 is 2.00 bits per heavy atom. The van der Waals surface area contributed by atoms with Crippen molar-refractivity contribution in [1.29, 1.82) is 0 Å². The van der Waals surface area contributed by atoms with Gasteiger partial charge in [0, 0.05) is 5.46 Å². The van der Waals surface area contributed by atoms with Crippen molar-refractivity contribution in [3.8, 4) is 5.75 Å². The zero-order valence-corrected chi connectivity index (χ0v) is 13.3. The summed E-state index contributed by atoms with van der Waals surface area (Å²) in [5.74, 6) is -0.454. The van der Waals surface area contributed by atoms with Crippen molar-refractivity contribution in [2.75, 3.05) is 0 Å². The first-order chi connectivity index (χ1) is 9.89. The number of halogens is 3. The van der Waals surface area contributed by atoms with Gasteiger partial charge in [-0.05, 0) is 51.8 Å². The van der Waals surface area contributed by atoms with Gasteiger partial charge in [0.05, 0.1) is 16.8 Å². The monoisotopic (exact) mass is 316 g/mol. The first-order valence-electron chi connectivity index (χ1n) is 7.17. The minimum Gasteiger partial charge on any atom is -0.508 e. The minimum absolute atomic E-state index is 0.272. The van der Waals surface area contributed by atoms with Crippen LogP contribution in [0.3, 0.4) is 0 Å². The Balaban J connectivity index is 2.49. The van der Waals surface area contributed by atoms with Crippen molar-refractivity contribution in [3.05, 3.63) is 23.3 Å². The van der Waals surface area contributed by atoms with E-state index in [4.69, 9.17) is 9.31 Å². The van der Waals surface area contributed by atoms with Gasteiger partial charge in [0.1, 0.15) is 5.75 Å².